The molecule has 0 atom stereocenters. The molecule has 0 amide bonds. The second kappa shape index (κ2) is 10.5. The van der Waals surface area contributed by atoms with E-state index in [2.05, 4.69) is 44.8 Å². The van der Waals surface area contributed by atoms with E-state index >= 15 is 0 Å². The molecule has 8 heteroatoms. The summed E-state index contributed by atoms with van der Waals surface area (Å²) in [7, 11) is 3.22. The van der Waals surface area contributed by atoms with Gasteiger partial charge in [0.1, 0.15) is 5.71 Å². The summed E-state index contributed by atoms with van der Waals surface area (Å²) in [5, 5.41) is 13.7. The number of ether oxygens (including phenoxy) is 2. The van der Waals surface area contributed by atoms with Gasteiger partial charge in [0.05, 0.1) is 37.0 Å². The van der Waals surface area contributed by atoms with Gasteiger partial charge in [-0.1, -0.05) is 21.1 Å². The number of aromatic nitrogens is 2. The largest absolute Gasteiger partial charge is 0.493 e. The predicted molar refractivity (Wildman–Crippen MR) is 135 cm³/mol. The Morgan fingerprint density at radius 2 is 1.55 bits per heavy atom. The van der Waals surface area contributed by atoms with E-state index in [1.807, 2.05) is 45.1 Å². The summed E-state index contributed by atoms with van der Waals surface area (Å²) in [6.07, 6.45) is 4.00. The lowest BCUT2D eigenvalue weighted by Crippen LogP contribution is -2.41. The minimum absolute atomic E-state index is 0.304. The molecule has 0 aliphatic carbocycles. The van der Waals surface area contributed by atoms with Crippen molar-refractivity contribution in [3.8, 4) is 11.5 Å². The van der Waals surface area contributed by atoms with Gasteiger partial charge in [0.2, 0.25) is 0 Å². The Bertz CT molecular complexity index is 1140. The molecule has 1 aromatic carbocycles. The number of piperidine rings is 1. The van der Waals surface area contributed by atoms with E-state index in [0.717, 1.165) is 44.0 Å². The smallest absolute Gasteiger partial charge is 0.161 e. The Balaban J connectivity index is 2.14. The van der Waals surface area contributed by atoms with Gasteiger partial charge in [-0.15, -0.1) is 0 Å². The van der Waals surface area contributed by atoms with E-state index in [9.17, 15) is 5.21 Å². The number of benzene rings is 1. The quantitative estimate of drug-likeness (QED) is 0.436. The van der Waals surface area contributed by atoms with E-state index in [0.29, 0.717) is 36.3 Å². The number of rotatable bonds is 5. The van der Waals surface area contributed by atoms with Gasteiger partial charge in [0.15, 0.2) is 11.5 Å². The highest BCUT2D eigenvalue weighted by Gasteiger charge is 2.27. The highest BCUT2D eigenvalue weighted by atomic mass is 79.9. The SMILES string of the molecule is COc1cc(Br)c(C=C2CN(C(C)C)CC(=C\c3nc(C)c(C)nc3C)/C2=N/O)cc1OC. The molecule has 0 unspecified atom stereocenters. The van der Waals surface area contributed by atoms with Crippen LogP contribution in [0.2, 0.25) is 0 Å². The van der Waals surface area contributed by atoms with Crippen molar-refractivity contribution in [2.45, 2.75) is 40.7 Å². The summed E-state index contributed by atoms with van der Waals surface area (Å²) in [5.74, 6) is 1.27. The molecule has 1 saturated heterocycles. The van der Waals surface area contributed by atoms with Crippen LogP contribution in [0.5, 0.6) is 11.5 Å². The van der Waals surface area contributed by atoms with Crippen LogP contribution in [0, 0.1) is 20.8 Å². The van der Waals surface area contributed by atoms with E-state index < -0.39 is 0 Å². The molecule has 1 aliphatic rings. The molecule has 2 heterocycles. The average Bonchev–Trinajstić information content (AvgIpc) is 2.78. The first-order chi connectivity index (χ1) is 15.7. The van der Waals surface area contributed by atoms with Gasteiger partial charge in [-0.2, -0.15) is 0 Å². The Labute approximate surface area is 204 Å². The number of nitrogens with zero attached hydrogens (tertiary/aromatic N) is 4. The number of methoxy groups -OCH3 is 2. The van der Waals surface area contributed by atoms with E-state index in [1.165, 1.54) is 0 Å². The molecule has 1 N–H and O–H groups in total. The van der Waals surface area contributed by atoms with Crippen molar-refractivity contribution in [2.24, 2.45) is 5.16 Å². The number of likely N-dealkylation sites (tertiary alicyclic amines) is 1. The van der Waals surface area contributed by atoms with Crippen LogP contribution in [0.15, 0.2) is 32.9 Å². The number of oxime groups is 1. The fourth-order valence-electron chi connectivity index (χ4n) is 3.77. The molecule has 1 aromatic heterocycles. The Hall–Kier alpha value is -2.71. The van der Waals surface area contributed by atoms with Crippen molar-refractivity contribution in [3.05, 3.63) is 56.1 Å². The topological polar surface area (TPSA) is 80.1 Å². The molecule has 0 spiro atoms. The zero-order valence-electron chi connectivity index (χ0n) is 20.2. The minimum Gasteiger partial charge on any atom is -0.493 e. The van der Waals surface area contributed by atoms with Gasteiger partial charge < -0.3 is 14.7 Å². The third-order valence-electron chi connectivity index (χ3n) is 5.85. The van der Waals surface area contributed by atoms with Crippen molar-refractivity contribution in [3.63, 3.8) is 0 Å². The van der Waals surface area contributed by atoms with Crippen LogP contribution in [0.3, 0.4) is 0 Å². The lowest BCUT2D eigenvalue weighted by Gasteiger charge is -2.34. The fraction of sp³-hybridized carbons (Fsp3) is 0.400. The van der Waals surface area contributed by atoms with E-state index in [-0.39, 0.29) is 0 Å². The van der Waals surface area contributed by atoms with Crippen LogP contribution in [0.25, 0.3) is 12.2 Å². The first-order valence-corrected chi connectivity index (χ1v) is 11.6. The van der Waals surface area contributed by atoms with Gasteiger partial charge in [0, 0.05) is 23.6 Å². The maximum atomic E-state index is 10.0. The molecule has 0 bridgehead atoms. The standard InChI is InChI=1S/C25H31BrN4O3/c1-14(2)30-12-19(8-18-10-23(32-6)24(33-7)11-21(18)26)25(29-31)20(13-30)9-22-17(5)27-15(3)16(4)28-22/h8-11,14,31H,12-13H2,1-7H3/b19-8?,20-9+,29-25+. The van der Waals surface area contributed by atoms with Gasteiger partial charge >= 0.3 is 0 Å². The number of aryl methyl sites for hydroxylation is 3. The van der Waals surface area contributed by atoms with Crippen LogP contribution >= 0.6 is 15.9 Å². The van der Waals surface area contributed by atoms with Crippen LogP contribution in [-0.2, 0) is 0 Å². The number of hydrogen-bond acceptors (Lipinski definition) is 7. The van der Waals surface area contributed by atoms with Gasteiger partial charge in [0.25, 0.3) is 0 Å². The normalized spacial score (nSPS) is 18.5. The van der Waals surface area contributed by atoms with Crippen LogP contribution in [0.4, 0.5) is 0 Å². The molecule has 7 nitrogen and oxygen atoms in total. The summed E-state index contributed by atoms with van der Waals surface area (Å²) >= 11 is 3.63. The monoisotopic (exact) mass is 514 g/mol. The fourth-order valence-corrected chi connectivity index (χ4v) is 4.21. The average molecular weight is 515 g/mol. The molecule has 1 aliphatic heterocycles. The molecule has 2 aromatic rings. The lowest BCUT2D eigenvalue weighted by atomic mass is 9.93. The van der Waals surface area contributed by atoms with E-state index in [4.69, 9.17) is 14.5 Å². The molecule has 0 saturated carbocycles. The molecular weight excluding hydrogens is 484 g/mol. The van der Waals surface area contributed by atoms with Crippen LogP contribution in [0.1, 0.15) is 42.2 Å². The van der Waals surface area contributed by atoms with Crippen molar-refractivity contribution in [1.29, 1.82) is 0 Å². The summed E-state index contributed by atoms with van der Waals surface area (Å²) in [6.45, 7) is 11.5. The van der Waals surface area contributed by atoms with Gasteiger partial charge in [-0.05, 0) is 75.6 Å². The van der Waals surface area contributed by atoms with Crippen molar-refractivity contribution in [1.82, 2.24) is 14.9 Å². The zero-order valence-corrected chi connectivity index (χ0v) is 21.8. The van der Waals surface area contributed by atoms with Crippen LogP contribution < -0.4 is 9.47 Å². The lowest BCUT2D eigenvalue weighted by molar-refractivity contribution is 0.258. The Kier molecular flexibility index (Phi) is 7.92. The first-order valence-electron chi connectivity index (χ1n) is 10.8. The summed E-state index contributed by atoms with van der Waals surface area (Å²) in [5.41, 5.74) is 6.66. The molecule has 1 fully saturated rings. The van der Waals surface area contributed by atoms with Crippen molar-refractivity contribution < 1.29 is 14.7 Å². The molecule has 176 valence electrons. The summed E-state index contributed by atoms with van der Waals surface area (Å²) in [4.78, 5) is 11.7. The number of halogens is 1. The predicted octanol–water partition coefficient (Wildman–Crippen LogP) is 5.20. The van der Waals surface area contributed by atoms with Gasteiger partial charge in [-0.3, -0.25) is 9.88 Å². The van der Waals surface area contributed by atoms with E-state index in [1.54, 1.807) is 14.2 Å². The van der Waals surface area contributed by atoms with Crippen molar-refractivity contribution in [2.75, 3.05) is 27.3 Å². The first kappa shape index (κ1) is 24.9. The minimum atomic E-state index is 0.304. The van der Waals surface area contributed by atoms with Crippen LogP contribution in [-0.4, -0.2) is 59.1 Å². The molecule has 3 rings (SSSR count). The summed E-state index contributed by atoms with van der Waals surface area (Å²) < 4.78 is 11.7. The zero-order chi connectivity index (χ0) is 24.3. The second-order valence-corrected chi connectivity index (χ2v) is 9.23. The van der Waals surface area contributed by atoms with Gasteiger partial charge in [-0.25, -0.2) is 4.98 Å². The maximum absolute atomic E-state index is 10.0. The highest BCUT2D eigenvalue weighted by Crippen LogP contribution is 2.35. The third-order valence-corrected chi connectivity index (χ3v) is 6.53. The second-order valence-electron chi connectivity index (χ2n) is 8.38. The molecule has 0 radical (unpaired) electrons. The summed E-state index contributed by atoms with van der Waals surface area (Å²) in [6, 6.07) is 4.08. The highest BCUT2D eigenvalue weighted by molar-refractivity contribution is 9.10. The maximum Gasteiger partial charge on any atom is 0.161 e. The molecular formula is C25H31BrN4O3. The molecule has 33 heavy (non-hydrogen) atoms. The third kappa shape index (κ3) is 5.45. The Morgan fingerprint density at radius 3 is 2.12 bits per heavy atom. The number of hydrogen-bond donors (Lipinski definition) is 1. The van der Waals surface area contributed by atoms with Crippen molar-refractivity contribution >= 4 is 33.8 Å². The Morgan fingerprint density at radius 1 is 0.970 bits per heavy atom.